The summed E-state index contributed by atoms with van der Waals surface area (Å²) in [6.07, 6.45) is 1.60. The van der Waals surface area contributed by atoms with Gasteiger partial charge in [0.15, 0.2) is 0 Å². The van der Waals surface area contributed by atoms with Gasteiger partial charge in [-0.25, -0.2) is 4.98 Å². The zero-order valence-electron chi connectivity index (χ0n) is 19.7. The molecule has 1 aromatic carbocycles. The van der Waals surface area contributed by atoms with E-state index in [0.29, 0.717) is 26.1 Å². The van der Waals surface area contributed by atoms with Crippen molar-refractivity contribution >= 4 is 29.1 Å². The van der Waals surface area contributed by atoms with E-state index < -0.39 is 12.1 Å². The van der Waals surface area contributed by atoms with Gasteiger partial charge in [-0.05, 0) is 37.8 Å². The first-order chi connectivity index (χ1) is 15.8. The van der Waals surface area contributed by atoms with Gasteiger partial charge in [0.25, 0.3) is 0 Å². The third-order valence-corrected chi connectivity index (χ3v) is 7.10. The zero-order valence-corrected chi connectivity index (χ0v) is 20.5. The number of thiazole rings is 1. The summed E-state index contributed by atoms with van der Waals surface area (Å²) in [5, 5.41) is 2.97. The lowest BCUT2D eigenvalue weighted by atomic mass is 10.1. The van der Waals surface area contributed by atoms with E-state index in [1.54, 1.807) is 30.2 Å². The first-order valence-corrected chi connectivity index (χ1v) is 12.0. The minimum absolute atomic E-state index is 0.158. The van der Waals surface area contributed by atoms with Crippen LogP contribution in [0.25, 0.3) is 10.4 Å². The smallest absolute Gasteiger partial charge is 0.245 e. The highest BCUT2D eigenvalue weighted by atomic mass is 32.1. The monoisotopic (exact) mass is 472 g/mol. The molecule has 0 saturated carbocycles. The van der Waals surface area contributed by atoms with Crippen LogP contribution in [0.1, 0.15) is 37.4 Å². The average Bonchev–Trinajstić information content (AvgIpc) is 3.49. The number of rotatable bonds is 9. The Morgan fingerprint density at radius 2 is 2.03 bits per heavy atom. The second kappa shape index (κ2) is 11.4. The number of aromatic nitrogens is 1. The average molecular weight is 473 g/mol. The van der Waals surface area contributed by atoms with Crippen molar-refractivity contribution in [3.8, 4) is 10.4 Å². The molecule has 178 valence electrons. The van der Waals surface area contributed by atoms with Gasteiger partial charge in [0.1, 0.15) is 12.1 Å². The minimum Gasteiger partial charge on any atom is -0.384 e. The lowest BCUT2D eigenvalue weighted by molar-refractivity contribution is -0.146. The predicted octanol–water partition coefficient (Wildman–Crippen LogP) is 2.61. The Morgan fingerprint density at radius 3 is 2.67 bits per heavy atom. The van der Waals surface area contributed by atoms with Crippen LogP contribution in [0.2, 0.25) is 0 Å². The van der Waals surface area contributed by atoms with Crippen molar-refractivity contribution in [2.24, 2.45) is 0 Å². The van der Waals surface area contributed by atoms with Crippen LogP contribution < -0.4 is 5.32 Å². The Hall–Kier alpha value is -2.78. The van der Waals surface area contributed by atoms with E-state index in [2.05, 4.69) is 10.3 Å². The van der Waals surface area contributed by atoms with Crippen LogP contribution in [-0.4, -0.2) is 71.9 Å². The highest BCUT2D eigenvalue weighted by Crippen LogP contribution is 2.27. The van der Waals surface area contributed by atoms with E-state index in [4.69, 9.17) is 4.74 Å². The number of carbonyl (C=O) groups is 3. The number of hydrogen-bond acceptors (Lipinski definition) is 6. The van der Waals surface area contributed by atoms with Crippen molar-refractivity contribution < 1.29 is 19.1 Å². The topological polar surface area (TPSA) is 91.8 Å². The van der Waals surface area contributed by atoms with Crippen molar-refractivity contribution in [1.29, 1.82) is 0 Å². The minimum atomic E-state index is -0.634. The number of amides is 3. The number of ether oxygens (including phenoxy) is 1. The lowest BCUT2D eigenvalue weighted by Crippen LogP contribution is -2.52. The molecule has 1 aliphatic heterocycles. The first kappa shape index (κ1) is 24.9. The molecule has 1 fully saturated rings. The molecule has 0 spiro atoms. The third kappa shape index (κ3) is 5.97. The number of nitrogens with zero attached hydrogens (tertiary/aromatic N) is 3. The fourth-order valence-electron chi connectivity index (χ4n) is 3.95. The number of likely N-dealkylation sites (tertiary alicyclic amines) is 1. The van der Waals surface area contributed by atoms with Crippen LogP contribution in [0.15, 0.2) is 29.8 Å². The maximum Gasteiger partial charge on any atom is 0.245 e. The molecule has 3 amide bonds. The number of hydrogen-bond donors (Lipinski definition) is 1. The van der Waals surface area contributed by atoms with Crippen molar-refractivity contribution in [2.45, 2.75) is 51.7 Å². The summed E-state index contributed by atoms with van der Waals surface area (Å²) in [7, 11) is 3.15. The van der Waals surface area contributed by atoms with Crippen LogP contribution in [0.3, 0.4) is 0 Å². The van der Waals surface area contributed by atoms with Crippen molar-refractivity contribution in [3.63, 3.8) is 0 Å². The number of benzene rings is 1. The van der Waals surface area contributed by atoms with E-state index in [-0.39, 0.29) is 24.1 Å². The van der Waals surface area contributed by atoms with Gasteiger partial charge in [-0.1, -0.05) is 24.3 Å². The number of aryl methyl sites for hydroxylation is 1. The van der Waals surface area contributed by atoms with E-state index in [1.807, 2.05) is 36.7 Å². The molecule has 2 atom stereocenters. The van der Waals surface area contributed by atoms with Gasteiger partial charge in [-0.2, -0.15) is 0 Å². The molecule has 0 unspecified atom stereocenters. The second-order valence-corrected chi connectivity index (χ2v) is 9.15. The molecule has 3 rings (SSSR count). The highest BCUT2D eigenvalue weighted by Gasteiger charge is 2.37. The molecule has 0 bridgehead atoms. The van der Waals surface area contributed by atoms with Crippen LogP contribution in [0, 0.1) is 6.92 Å². The second-order valence-electron chi connectivity index (χ2n) is 8.29. The zero-order chi connectivity index (χ0) is 24.0. The maximum absolute atomic E-state index is 13.0. The molecule has 1 saturated heterocycles. The fourth-order valence-corrected chi connectivity index (χ4v) is 4.76. The van der Waals surface area contributed by atoms with Gasteiger partial charge < -0.3 is 19.9 Å². The summed E-state index contributed by atoms with van der Waals surface area (Å²) in [4.78, 5) is 46.7. The molecule has 1 aromatic heterocycles. The standard InChI is InChI=1S/C24H32N4O4S/c1-16-22(33-15-26-16)19-9-7-18(8-10-19)14-25-23(30)20-6-5-12-28(20)24(31)17(2)27(3)21(29)11-13-32-4/h7-10,15,17,20H,5-6,11-14H2,1-4H3,(H,25,30)/t17-,20-/m0/s1. The van der Waals surface area contributed by atoms with Gasteiger partial charge in [0, 0.05) is 27.2 Å². The summed E-state index contributed by atoms with van der Waals surface area (Å²) in [6.45, 7) is 4.91. The highest BCUT2D eigenvalue weighted by molar-refractivity contribution is 7.13. The quantitative estimate of drug-likeness (QED) is 0.606. The predicted molar refractivity (Wildman–Crippen MR) is 128 cm³/mol. The summed E-state index contributed by atoms with van der Waals surface area (Å²) in [5.41, 5.74) is 4.94. The van der Waals surface area contributed by atoms with Crippen LogP contribution in [0.4, 0.5) is 0 Å². The molecule has 1 aliphatic rings. The molecule has 9 heteroatoms. The van der Waals surface area contributed by atoms with Crippen LogP contribution >= 0.6 is 11.3 Å². The van der Waals surface area contributed by atoms with Gasteiger partial charge in [0.2, 0.25) is 17.7 Å². The number of likely N-dealkylation sites (N-methyl/N-ethyl adjacent to an activating group) is 1. The van der Waals surface area contributed by atoms with E-state index in [0.717, 1.165) is 28.1 Å². The van der Waals surface area contributed by atoms with Gasteiger partial charge in [-0.15, -0.1) is 11.3 Å². The summed E-state index contributed by atoms with van der Waals surface area (Å²) >= 11 is 1.61. The summed E-state index contributed by atoms with van der Waals surface area (Å²) in [6, 6.07) is 6.91. The molecule has 33 heavy (non-hydrogen) atoms. The first-order valence-electron chi connectivity index (χ1n) is 11.2. The molecular formula is C24H32N4O4S. The molecule has 1 N–H and O–H groups in total. The molecule has 2 heterocycles. The number of carbonyl (C=O) groups excluding carboxylic acids is 3. The van der Waals surface area contributed by atoms with Gasteiger partial charge in [0.05, 0.1) is 29.1 Å². The van der Waals surface area contributed by atoms with Crippen molar-refractivity contribution in [3.05, 3.63) is 41.0 Å². The van der Waals surface area contributed by atoms with Crippen LogP contribution in [0.5, 0.6) is 0 Å². The molecule has 2 aromatic rings. The molecule has 8 nitrogen and oxygen atoms in total. The Labute approximate surface area is 198 Å². The summed E-state index contributed by atoms with van der Waals surface area (Å²) < 4.78 is 4.95. The van der Waals surface area contributed by atoms with E-state index >= 15 is 0 Å². The van der Waals surface area contributed by atoms with E-state index in [1.165, 1.54) is 12.0 Å². The Morgan fingerprint density at radius 1 is 1.30 bits per heavy atom. The molecule has 0 aliphatic carbocycles. The third-order valence-electron chi connectivity index (χ3n) is 6.12. The summed E-state index contributed by atoms with van der Waals surface area (Å²) in [5.74, 6) is -0.524. The van der Waals surface area contributed by atoms with E-state index in [9.17, 15) is 14.4 Å². The largest absolute Gasteiger partial charge is 0.384 e. The maximum atomic E-state index is 13.0. The Balaban J connectivity index is 1.56. The molecule has 0 radical (unpaired) electrons. The fraction of sp³-hybridized carbons (Fsp3) is 0.500. The Kier molecular flexibility index (Phi) is 8.57. The van der Waals surface area contributed by atoms with Crippen molar-refractivity contribution in [2.75, 3.05) is 27.3 Å². The lowest BCUT2D eigenvalue weighted by Gasteiger charge is -2.31. The Bertz CT molecular complexity index is 975. The van der Waals surface area contributed by atoms with Gasteiger partial charge in [-0.3, -0.25) is 14.4 Å². The molecular weight excluding hydrogens is 440 g/mol. The van der Waals surface area contributed by atoms with Crippen molar-refractivity contribution in [1.82, 2.24) is 20.1 Å². The van der Waals surface area contributed by atoms with Gasteiger partial charge >= 0.3 is 0 Å². The van der Waals surface area contributed by atoms with Crippen LogP contribution in [-0.2, 0) is 25.7 Å². The normalized spacial score (nSPS) is 16.5. The SMILES string of the molecule is COCCC(=O)N(C)[C@@H](C)C(=O)N1CCC[C@H]1C(=O)NCc1ccc(-c2scnc2C)cc1. The number of nitrogens with one attached hydrogen (secondary N) is 1. The number of methoxy groups -OCH3 is 1.